The van der Waals surface area contributed by atoms with Gasteiger partial charge in [0.2, 0.25) is 0 Å². The molecule has 1 aromatic carbocycles. The van der Waals surface area contributed by atoms with Crippen LogP contribution in [0, 0.1) is 16.0 Å². The summed E-state index contributed by atoms with van der Waals surface area (Å²) in [5.74, 6) is 0.175. The largest absolute Gasteiger partial charge is 0.376 e. The zero-order chi connectivity index (χ0) is 18.5. The highest BCUT2D eigenvalue weighted by Crippen LogP contribution is 2.27. The van der Waals surface area contributed by atoms with Crippen molar-refractivity contribution >= 4 is 28.9 Å². The minimum Gasteiger partial charge on any atom is -0.376 e. The van der Waals surface area contributed by atoms with Crippen molar-refractivity contribution < 1.29 is 14.5 Å². The fraction of sp³-hybridized carbons (Fsp3) is 0.556. The van der Waals surface area contributed by atoms with Crippen LogP contribution in [-0.2, 0) is 4.74 Å². The van der Waals surface area contributed by atoms with Gasteiger partial charge in [-0.15, -0.1) is 0 Å². The van der Waals surface area contributed by atoms with E-state index < -0.39 is 10.8 Å². The van der Waals surface area contributed by atoms with Crippen molar-refractivity contribution in [3.05, 3.63) is 39.9 Å². The molecule has 0 spiro atoms. The predicted octanol–water partition coefficient (Wildman–Crippen LogP) is 2.89. The lowest BCUT2D eigenvalue weighted by Crippen LogP contribution is -2.48. The average Bonchev–Trinajstić information content (AvgIpc) is 3.10. The van der Waals surface area contributed by atoms with Gasteiger partial charge in [-0.3, -0.25) is 20.2 Å². The number of nitrogens with one attached hydrogen (secondary N) is 1. The van der Waals surface area contributed by atoms with Gasteiger partial charge < -0.3 is 9.64 Å². The van der Waals surface area contributed by atoms with Gasteiger partial charge in [-0.1, -0.05) is 12.5 Å². The van der Waals surface area contributed by atoms with Gasteiger partial charge in [0.15, 0.2) is 5.11 Å². The third-order valence-corrected chi connectivity index (χ3v) is 5.34. The van der Waals surface area contributed by atoms with Crippen molar-refractivity contribution in [2.75, 3.05) is 19.7 Å². The number of nitro groups is 1. The number of non-ortho nitro benzene ring substituents is 1. The average molecular weight is 377 g/mol. The van der Waals surface area contributed by atoms with Crippen LogP contribution < -0.4 is 5.32 Å². The van der Waals surface area contributed by atoms with E-state index in [-0.39, 0.29) is 17.4 Å². The molecular formula is C18H23N3O4S. The van der Waals surface area contributed by atoms with Crippen LogP contribution in [0.2, 0.25) is 0 Å². The second-order valence-electron chi connectivity index (χ2n) is 6.90. The number of carbonyl (C=O) groups is 1. The molecule has 2 aliphatic rings. The first-order valence-electron chi connectivity index (χ1n) is 8.99. The summed E-state index contributed by atoms with van der Waals surface area (Å²) in [4.78, 5) is 24.8. The summed E-state index contributed by atoms with van der Waals surface area (Å²) >= 11 is 5.47. The highest BCUT2D eigenvalue weighted by atomic mass is 32.1. The number of benzene rings is 1. The highest BCUT2D eigenvalue weighted by molar-refractivity contribution is 7.80. The summed E-state index contributed by atoms with van der Waals surface area (Å²) in [6, 6.07) is 5.65. The van der Waals surface area contributed by atoms with E-state index in [0.29, 0.717) is 17.6 Å². The predicted molar refractivity (Wildman–Crippen MR) is 101 cm³/mol. The summed E-state index contributed by atoms with van der Waals surface area (Å²) in [6.07, 6.45) is 5.80. The highest BCUT2D eigenvalue weighted by Gasteiger charge is 2.27. The molecule has 1 atom stereocenters. The Kier molecular flexibility index (Phi) is 6.16. The van der Waals surface area contributed by atoms with Crippen LogP contribution >= 0.6 is 12.2 Å². The van der Waals surface area contributed by atoms with Gasteiger partial charge in [-0.05, 0) is 49.9 Å². The summed E-state index contributed by atoms with van der Waals surface area (Å²) in [5.41, 5.74) is 0.108. The summed E-state index contributed by atoms with van der Waals surface area (Å²) in [5, 5.41) is 14.0. The van der Waals surface area contributed by atoms with Gasteiger partial charge in [0, 0.05) is 37.4 Å². The lowest BCUT2D eigenvalue weighted by molar-refractivity contribution is -0.384. The Morgan fingerprint density at radius 3 is 2.73 bits per heavy atom. The van der Waals surface area contributed by atoms with Crippen LogP contribution in [0.4, 0.5) is 5.69 Å². The van der Waals surface area contributed by atoms with Gasteiger partial charge in [-0.25, -0.2) is 0 Å². The third-order valence-electron chi connectivity index (χ3n) is 4.98. The van der Waals surface area contributed by atoms with Gasteiger partial charge in [0.05, 0.1) is 11.0 Å². The maximum atomic E-state index is 12.5. The van der Waals surface area contributed by atoms with Crippen molar-refractivity contribution in [3.8, 4) is 0 Å². The number of hydrogen-bond acceptors (Lipinski definition) is 5. The van der Waals surface area contributed by atoms with Crippen molar-refractivity contribution in [3.63, 3.8) is 0 Å². The molecule has 1 saturated heterocycles. The van der Waals surface area contributed by atoms with E-state index in [1.54, 1.807) is 6.07 Å². The zero-order valence-corrected chi connectivity index (χ0v) is 15.4. The number of rotatable bonds is 6. The molecule has 1 aliphatic carbocycles. The summed E-state index contributed by atoms with van der Waals surface area (Å²) in [6.45, 7) is 2.26. The number of carbonyl (C=O) groups excluding carboxylic acids is 1. The Labute approximate surface area is 157 Å². The molecule has 140 valence electrons. The monoisotopic (exact) mass is 377 g/mol. The van der Waals surface area contributed by atoms with Crippen molar-refractivity contribution in [1.82, 2.24) is 10.2 Å². The molecular weight excluding hydrogens is 354 g/mol. The smallest absolute Gasteiger partial charge is 0.270 e. The Morgan fingerprint density at radius 2 is 2.12 bits per heavy atom. The van der Waals surface area contributed by atoms with Crippen LogP contribution in [0.3, 0.4) is 0 Å². The maximum absolute atomic E-state index is 12.5. The molecule has 1 aromatic rings. The molecule has 0 unspecified atom stereocenters. The van der Waals surface area contributed by atoms with E-state index in [2.05, 4.69) is 5.32 Å². The summed E-state index contributed by atoms with van der Waals surface area (Å²) < 4.78 is 5.71. The molecule has 1 amide bonds. The third kappa shape index (κ3) is 4.76. The van der Waals surface area contributed by atoms with Crippen LogP contribution in [0.5, 0.6) is 0 Å². The normalized spacial score (nSPS) is 19.6. The molecule has 8 heteroatoms. The molecule has 1 aliphatic heterocycles. The molecule has 1 saturated carbocycles. The fourth-order valence-corrected chi connectivity index (χ4v) is 3.51. The lowest BCUT2D eigenvalue weighted by Gasteiger charge is -2.35. The van der Waals surface area contributed by atoms with E-state index in [1.807, 2.05) is 4.90 Å². The second-order valence-corrected chi connectivity index (χ2v) is 7.29. The molecule has 0 bridgehead atoms. The quantitative estimate of drug-likeness (QED) is 0.466. The van der Waals surface area contributed by atoms with Gasteiger partial charge in [-0.2, -0.15) is 0 Å². The minimum absolute atomic E-state index is 0.116. The van der Waals surface area contributed by atoms with Gasteiger partial charge in [0.1, 0.15) is 0 Å². The molecule has 1 N–H and O–H groups in total. The maximum Gasteiger partial charge on any atom is 0.270 e. The van der Waals surface area contributed by atoms with Gasteiger partial charge >= 0.3 is 0 Å². The number of thiocarbonyl (C=S) groups is 1. The number of nitrogens with zero attached hydrogens (tertiary/aromatic N) is 2. The molecule has 0 aromatic heterocycles. The standard InChI is InChI=1S/C18H23N3O4S/c22-17(14-6-2-7-15(10-14)21(23)24)19-18(26)20(11-13-4-1-5-13)12-16-8-3-9-25-16/h2,6-7,10,13,16H,1,3-5,8-9,11-12H2,(H,19,22,26)/t16-/m0/s1. The SMILES string of the molecule is O=C(NC(=S)N(CC1CCC1)C[C@@H]1CCCO1)c1cccc([N+](=O)[O-])c1. The van der Waals surface area contributed by atoms with E-state index in [1.165, 1.54) is 37.5 Å². The number of hydrogen-bond donors (Lipinski definition) is 1. The Bertz CT molecular complexity index is 687. The van der Waals surface area contributed by atoms with E-state index in [9.17, 15) is 14.9 Å². The lowest BCUT2D eigenvalue weighted by atomic mass is 9.85. The molecule has 2 fully saturated rings. The van der Waals surface area contributed by atoms with Crippen LogP contribution in [0.15, 0.2) is 24.3 Å². The number of amides is 1. The van der Waals surface area contributed by atoms with E-state index in [4.69, 9.17) is 17.0 Å². The first kappa shape index (κ1) is 18.7. The van der Waals surface area contributed by atoms with Crippen LogP contribution in [0.1, 0.15) is 42.5 Å². The molecule has 0 radical (unpaired) electrons. The zero-order valence-electron chi connectivity index (χ0n) is 14.6. The Hall–Kier alpha value is -2.06. The minimum atomic E-state index is -0.518. The molecule has 3 rings (SSSR count). The van der Waals surface area contributed by atoms with Crippen molar-refractivity contribution in [2.45, 2.75) is 38.2 Å². The first-order chi connectivity index (χ1) is 12.5. The van der Waals surface area contributed by atoms with Crippen molar-refractivity contribution in [1.29, 1.82) is 0 Å². The van der Waals surface area contributed by atoms with Crippen LogP contribution in [0.25, 0.3) is 0 Å². The molecule has 7 nitrogen and oxygen atoms in total. The number of ether oxygens (including phenoxy) is 1. The van der Waals surface area contributed by atoms with E-state index in [0.717, 1.165) is 26.0 Å². The van der Waals surface area contributed by atoms with Crippen molar-refractivity contribution in [2.24, 2.45) is 5.92 Å². The summed E-state index contributed by atoms with van der Waals surface area (Å²) in [7, 11) is 0. The molecule has 26 heavy (non-hydrogen) atoms. The Balaban J connectivity index is 1.64. The fourth-order valence-electron chi connectivity index (χ4n) is 3.27. The second kappa shape index (κ2) is 8.55. The topological polar surface area (TPSA) is 84.7 Å². The Morgan fingerprint density at radius 1 is 1.31 bits per heavy atom. The van der Waals surface area contributed by atoms with Gasteiger partial charge in [0.25, 0.3) is 11.6 Å². The van der Waals surface area contributed by atoms with E-state index >= 15 is 0 Å². The first-order valence-corrected chi connectivity index (χ1v) is 9.40. The molecule has 1 heterocycles. The number of nitro benzene ring substituents is 1. The van der Waals surface area contributed by atoms with Crippen LogP contribution in [-0.4, -0.2) is 46.6 Å².